The Hall–Kier alpha value is -0.570. The molecule has 1 rings (SSSR count). The molecule has 0 aliphatic heterocycles. The van der Waals surface area contributed by atoms with Crippen molar-refractivity contribution in [1.82, 2.24) is 10.6 Å². The van der Waals surface area contributed by atoms with Crippen molar-refractivity contribution in [2.75, 3.05) is 6.54 Å². The van der Waals surface area contributed by atoms with Crippen LogP contribution in [0.25, 0.3) is 0 Å². The van der Waals surface area contributed by atoms with Crippen LogP contribution in [0.15, 0.2) is 0 Å². The molecule has 1 saturated carbocycles. The van der Waals surface area contributed by atoms with Gasteiger partial charge in [-0.25, -0.2) is 0 Å². The highest BCUT2D eigenvalue weighted by Gasteiger charge is 2.22. The van der Waals surface area contributed by atoms with Crippen LogP contribution < -0.4 is 10.6 Å². The molecule has 1 atom stereocenters. The molecule has 0 bridgehead atoms. The van der Waals surface area contributed by atoms with Gasteiger partial charge in [-0.1, -0.05) is 26.7 Å². The van der Waals surface area contributed by atoms with Gasteiger partial charge in [0, 0.05) is 12.1 Å². The fourth-order valence-corrected chi connectivity index (χ4v) is 2.18. The van der Waals surface area contributed by atoms with Gasteiger partial charge in [0.05, 0.1) is 6.54 Å². The van der Waals surface area contributed by atoms with Crippen molar-refractivity contribution < 1.29 is 4.79 Å². The Kier molecular flexibility index (Phi) is 5.09. The molecule has 0 aromatic carbocycles. The summed E-state index contributed by atoms with van der Waals surface area (Å²) in [5.41, 5.74) is 0. The van der Waals surface area contributed by atoms with Crippen LogP contribution in [0, 0.1) is 5.92 Å². The molecular formula is C12H24N2O. The number of nitrogens with one attached hydrogen (secondary N) is 2. The molecule has 0 spiro atoms. The fourth-order valence-electron chi connectivity index (χ4n) is 2.18. The maximum atomic E-state index is 11.5. The van der Waals surface area contributed by atoms with E-state index in [-0.39, 0.29) is 5.91 Å². The second-order valence-corrected chi connectivity index (χ2v) is 4.94. The molecule has 1 aliphatic carbocycles. The zero-order chi connectivity index (χ0) is 11.3. The van der Waals surface area contributed by atoms with Crippen LogP contribution in [-0.2, 0) is 4.79 Å². The second kappa shape index (κ2) is 6.11. The Morgan fingerprint density at radius 3 is 2.40 bits per heavy atom. The lowest BCUT2D eigenvalue weighted by molar-refractivity contribution is -0.121. The lowest BCUT2D eigenvalue weighted by Gasteiger charge is -2.20. The molecular weight excluding hydrogens is 188 g/mol. The van der Waals surface area contributed by atoms with E-state index in [2.05, 4.69) is 17.6 Å². The molecule has 0 aromatic rings. The third-order valence-corrected chi connectivity index (χ3v) is 3.17. The summed E-state index contributed by atoms with van der Waals surface area (Å²) in [6.45, 7) is 6.67. The van der Waals surface area contributed by atoms with Crippen LogP contribution in [0.2, 0.25) is 0 Å². The molecule has 88 valence electrons. The minimum atomic E-state index is 0.128. The molecule has 0 radical (unpaired) electrons. The molecule has 0 heterocycles. The van der Waals surface area contributed by atoms with Crippen LogP contribution in [0.3, 0.4) is 0 Å². The van der Waals surface area contributed by atoms with Gasteiger partial charge in [-0.2, -0.15) is 0 Å². The normalized spacial score (nSPS) is 19.5. The lowest BCUT2D eigenvalue weighted by Crippen LogP contribution is -2.43. The van der Waals surface area contributed by atoms with E-state index >= 15 is 0 Å². The van der Waals surface area contributed by atoms with Gasteiger partial charge in [-0.3, -0.25) is 4.79 Å². The molecule has 1 fully saturated rings. The Morgan fingerprint density at radius 1 is 1.27 bits per heavy atom. The van der Waals surface area contributed by atoms with Crippen molar-refractivity contribution >= 4 is 5.91 Å². The van der Waals surface area contributed by atoms with E-state index < -0.39 is 0 Å². The van der Waals surface area contributed by atoms with Crippen LogP contribution in [0.4, 0.5) is 0 Å². The third-order valence-electron chi connectivity index (χ3n) is 3.17. The molecule has 0 aromatic heterocycles. The summed E-state index contributed by atoms with van der Waals surface area (Å²) in [7, 11) is 0. The largest absolute Gasteiger partial charge is 0.352 e. The summed E-state index contributed by atoms with van der Waals surface area (Å²) in [5.74, 6) is 0.830. The topological polar surface area (TPSA) is 41.1 Å². The summed E-state index contributed by atoms with van der Waals surface area (Å²) < 4.78 is 0. The summed E-state index contributed by atoms with van der Waals surface area (Å²) >= 11 is 0. The van der Waals surface area contributed by atoms with E-state index in [1.165, 1.54) is 25.7 Å². The van der Waals surface area contributed by atoms with Crippen molar-refractivity contribution in [2.45, 2.75) is 58.5 Å². The summed E-state index contributed by atoms with van der Waals surface area (Å²) in [6, 6.07) is 0.714. The van der Waals surface area contributed by atoms with Crippen LogP contribution in [0.1, 0.15) is 46.5 Å². The van der Waals surface area contributed by atoms with Gasteiger partial charge < -0.3 is 10.6 Å². The minimum Gasteiger partial charge on any atom is -0.352 e. The number of amides is 1. The first kappa shape index (κ1) is 12.5. The summed E-state index contributed by atoms with van der Waals surface area (Å²) in [4.78, 5) is 11.5. The fraction of sp³-hybridized carbons (Fsp3) is 0.917. The van der Waals surface area contributed by atoms with Gasteiger partial charge in [-0.15, -0.1) is 0 Å². The van der Waals surface area contributed by atoms with Crippen molar-refractivity contribution in [3.05, 3.63) is 0 Å². The number of hydrogen-bond donors (Lipinski definition) is 2. The van der Waals surface area contributed by atoms with Gasteiger partial charge in [0.15, 0.2) is 0 Å². The van der Waals surface area contributed by atoms with E-state index in [4.69, 9.17) is 0 Å². The van der Waals surface area contributed by atoms with E-state index in [0.29, 0.717) is 24.5 Å². The van der Waals surface area contributed by atoms with Gasteiger partial charge in [0.1, 0.15) is 0 Å². The van der Waals surface area contributed by atoms with Crippen molar-refractivity contribution in [3.8, 4) is 0 Å². The van der Waals surface area contributed by atoms with Crippen molar-refractivity contribution in [1.29, 1.82) is 0 Å². The van der Waals surface area contributed by atoms with E-state index in [0.717, 1.165) is 0 Å². The van der Waals surface area contributed by atoms with Gasteiger partial charge in [0.25, 0.3) is 0 Å². The van der Waals surface area contributed by atoms with E-state index in [1.54, 1.807) is 0 Å². The molecule has 0 saturated heterocycles. The SMILES string of the molecule is CC(C)NCC(=O)N[C@H](C)C1CCCC1. The Labute approximate surface area is 93.0 Å². The highest BCUT2D eigenvalue weighted by Crippen LogP contribution is 2.27. The Bertz CT molecular complexity index is 198. The Morgan fingerprint density at radius 2 is 1.87 bits per heavy atom. The highest BCUT2D eigenvalue weighted by molar-refractivity contribution is 5.78. The van der Waals surface area contributed by atoms with E-state index in [1.807, 2.05) is 13.8 Å². The number of rotatable bonds is 5. The molecule has 0 unspecified atom stereocenters. The minimum absolute atomic E-state index is 0.128. The smallest absolute Gasteiger partial charge is 0.234 e. The first-order valence-corrected chi connectivity index (χ1v) is 6.12. The molecule has 1 aliphatic rings. The van der Waals surface area contributed by atoms with Gasteiger partial charge in [0.2, 0.25) is 5.91 Å². The zero-order valence-electron chi connectivity index (χ0n) is 10.2. The first-order valence-electron chi connectivity index (χ1n) is 6.12. The molecule has 2 N–H and O–H groups in total. The number of hydrogen-bond acceptors (Lipinski definition) is 2. The first-order chi connectivity index (χ1) is 7.09. The summed E-state index contributed by atoms with van der Waals surface area (Å²) in [5, 5.41) is 6.20. The molecule has 3 heteroatoms. The Balaban J connectivity index is 2.18. The number of carbonyl (C=O) groups excluding carboxylic acids is 1. The monoisotopic (exact) mass is 212 g/mol. The standard InChI is InChI=1S/C12H24N2O/c1-9(2)13-8-12(15)14-10(3)11-6-4-5-7-11/h9-11,13H,4-8H2,1-3H3,(H,14,15)/t10-/m1/s1. The van der Waals surface area contributed by atoms with Crippen LogP contribution in [0.5, 0.6) is 0 Å². The van der Waals surface area contributed by atoms with Crippen LogP contribution >= 0.6 is 0 Å². The van der Waals surface area contributed by atoms with Crippen molar-refractivity contribution in [3.63, 3.8) is 0 Å². The van der Waals surface area contributed by atoms with Crippen molar-refractivity contribution in [2.24, 2.45) is 5.92 Å². The van der Waals surface area contributed by atoms with Gasteiger partial charge >= 0.3 is 0 Å². The van der Waals surface area contributed by atoms with Crippen LogP contribution in [-0.4, -0.2) is 24.5 Å². The number of carbonyl (C=O) groups is 1. The maximum absolute atomic E-state index is 11.5. The average Bonchev–Trinajstić information content (AvgIpc) is 2.67. The quantitative estimate of drug-likeness (QED) is 0.728. The van der Waals surface area contributed by atoms with Gasteiger partial charge in [-0.05, 0) is 25.7 Å². The maximum Gasteiger partial charge on any atom is 0.234 e. The lowest BCUT2D eigenvalue weighted by atomic mass is 10.00. The highest BCUT2D eigenvalue weighted by atomic mass is 16.1. The predicted octanol–water partition coefficient (Wildman–Crippen LogP) is 1.68. The zero-order valence-corrected chi connectivity index (χ0v) is 10.2. The molecule has 15 heavy (non-hydrogen) atoms. The second-order valence-electron chi connectivity index (χ2n) is 4.94. The summed E-state index contributed by atoms with van der Waals surface area (Å²) in [6.07, 6.45) is 5.21. The molecule has 1 amide bonds. The predicted molar refractivity (Wildman–Crippen MR) is 62.7 cm³/mol. The molecule has 3 nitrogen and oxygen atoms in total. The average molecular weight is 212 g/mol. The van der Waals surface area contributed by atoms with E-state index in [9.17, 15) is 4.79 Å². The third kappa shape index (κ3) is 4.65.